The van der Waals surface area contributed by atoms with Gasteiger partial charge in [-0.1, -0.05) is 27.7 Å². The van der Waals surface area contributed by atoms with Crippen LogP contribution in [0, 0.1) is 23.7 Å². The zero-order valence-electron chi connectivity index (χ0n) is 70.8. The van der Waals surface area contributed by atoms with Gasteiger partial charge >= 0.3 is 374 Å². The average molecular weight is 1790 g/mol. The first-order valence-corrected chi connectivity index (χ1v) is 47.1. The van der Waals surface area contributed by atoms with Crippen molar-refractivity contribution in [3.8, 4) is 0 Å². The Kier molecular flexibility index (Phi) is 41.3. The van der Waals surface area contributed by atoms with Gasteiger partial charge in [0.2, 0.25) is 0 Å². The minimum atomic E-state index is -5.47. The SMILES string of the molecule is [B][C@@H]1O[C@H](CO)[C@H](OCC(C)C)C1O.[B][C@@H]1O[C@H](COC(C)C)[C@@H]2OP(=O)(O)OC12.[B][C@@H]1O[C@H](COP(=O)(O)O[C@@H]2C(O)[C@H]([B])O[C@@H]2COC(C)C)[C@H](OCC(C)C)C1O.[B][C@@H]1O[C@H](COP2(O)(O)OC3[C@H]([B])O[C@H](COC(C)C)[C@@H]3O2)[C@H](OCC(C)C)C1O.[B][C@@H]1O[C@H](COP2(O)(O)OC3[C@H]([B])O[C@H](COC(C)C)[C@@H]3O2)[C@H](OCC(C)C)C1O. The fourth-order valence-electron chi connectivity index (χ4n) is 13.3. The van der Waals surface area contributed by atoms with Gasteiger partial charge in [-0.15, -0.1) is 0 Å². The normalized spacial score (nSPS) is 42.4. The molecule has 0 aliphatic carbocycles. The summed E-state index contributed by atoms with van der Waals surface area (Å²) in [5.74, 6) is 0.995. The van der Waals surface area contributed by atoms with E-state index in [9.17, 15) is 64.0 Å². The number of phosphoric acid groups is 2. The van der Waals surface area contributed by atoms with Crippen LogP contribution in [0.1, 0.15) is 111 Å². The van der Waals surface area contributed by atoms with Crippen LogP contribution in [0.15, 0.2) is 0 Å². The molecule has 11 fully saturated rings. The second-order valence-electron chi connectivity index (χ2n) is 33.5. The second kappa shape index (κ2) is 46.1. The number of ether oxygens (including phenoxy) is 16. The van der Waals surface area contributed by atoms with Gasteiger partial charge in [-0.05, 0) is 39.5 Å². The van der Waals surface area contributed by atoms with Crippen molar-refractivity contribution in [2.75, 3.05) is 79.3 Å². The van der Waals surface area contributed by atoms with E-state index < -0.39 is 232 Å². The van der Waals surface area contributed by atoms with Crippen molar-refractivity contribution >= 4 is 93.9 Å². The molecule has 0 amide bonds. The Hall–Kier alpha value is 0.319. The molecule has 0 aromatic carbocycles. The predicted molar refractivity (Wildman–Crippen MR) is 429 cm³/mol. The first-order valence-electron chi connectivity index (χ1n) is 40.3. The molecule has 11 rings (SSSR count). The first-order chi connectivity index (χ1) is 55.6. The Morgan fingerprint density at radius 1 is 0.350 bits per heavy atom. The molecule has 0 saturated carbocycles. The molecule has 11 aliphatic rings. The summed E-state index contributed by atoms with van der Waals surface area (Å²) in [5.41, 5.74) is 0. The molecule has 0 bridgehead atoms. The van der Waals surface area contributed by atoms with Gasteiger partial charge in [0.05, 0.1) is 38.6 Å². The fourth-order valence-corrected chi connectivity index (χ4v) is 19.3. The summed E-state index contributed by atoms with van der Waals surface area (Å²) in [6.45, 7) is 31.2. The zero-order valence-corrected chi connectivity index (χ0v) is 74.4. The second-order valence-corrected chi connectivity index (χ2v) is 40.8. The van der Waals surface area contributed by atoms with Gasteiger partial charge in [-0.2, -0.15) is 0 Å². The summed E-state index contributed by atoms with van der Waals surface area (Å²) in [7, 11) is 26.2. The number of hydrogen-bond donors (Lipinski definition) is 12. The number of hydrogen-bond acceptors (Lipinski definition) is 38. The number of phosphoric ester groups is 2. The zero-order chi connectivity index (χ0) is 89.9. The average Bonchev–Trinajstić information content (AvgIpc) is 1.58. The van der Waals surface area contributed by atoms with Crippen LogP contribution in [0.3, 0.4) is 0 Å². The number of fused-ring (bicyclic) bond motifs is 3. The molecule has 0 aromatic rings. The molecule has 0 spiro atoms. The summed E-state index contributed by atoms with van der Waals surface area (Å²) in [6, 6.07) is -7.51. The molecule has 10 unspecified atom stereocenters. The summed E-state index contributed by atoms with van der Waals surface area (Å²) in [4.78, 5) is 62.3. The van der Waals surface area contributed by atoms with Gasteiger partial charge < -0.3 is 68.1 Å². The Labute approximate surface area is 713 Å². The maximum absolute atomic E-state index is 12.5. The van der Waals surface area contributed by atoms with Gasteiger partial charge in [-0.3, -0.25) is 18.1 Å². The minimum absolute atomic E-state index is 0.00495. The monoisotopic (exact) mass is 1790 g/mol. The van der Waals surface area contributed by atoms with E-state index in [0.29, 0.717) is 32.3 Å². The molecular formula is C68H124B8O40P4. The Balaban J connectivity index is 0.000000213. The maximum atomic E-state index is 12.5. The van der Waals surface area contributed by atoms with Crippen LogP contribution in [0.2, 0.25) is 0 Å². The van der Waals surface area contributed by atoms with Crippen LogP contribution in [0.5, 0.6) is 0 Å². The van der Waals surface area contributed by atoms with Crippen LogP contribution < -0.4 is 0 Å². The van der Waals surface area contributed by atoms with E-state index >= 15 is 0 Å². The van der Waals surface area contributed by atoms with Crippen molar-refractivity contribution in [2.45, 2.75) is 330 Å². The van der Waals surface area contributed by atoms with Gasteiger partial charge in [0.15, 0.2) is 0 Å². The first kappa shape index (κ1) is 107. The molecule has 120 heavy (non-hydrogen) atoms. The summed E-state index contributed by atoms with van der Waals surface area (Å²) >= 11 is 0. The third-order valence-corrected chi connectivity index (χ3v) is 24.8. The third-order valence-electron chi connectivity index (χ3n) is 19.2. The van der Waals surface area contributed by atoms with Crippen molar-refractivity contribution in [3.05, 3.63) is 0 Å². The quantitative estimate of drug-likeness (QED) is 0.0237. The number of rotatable bonds is 36. The van der Waals surface area contributed by atoms with Gasteiger partial charge in [0.25, 0.3) is 0 Å². The number of aliphatic hydroxyl groups excluding tert-OH is 6. The van der Waals surface area contributed by atoms with Crippen LogP contribution >= 0.6 is 31.1 Å². The molecule has 11 saturated heterocycles. The van der Waals surface area contributed by atoms with E-state index in [2.05, 4.69) is 0 Å². The van der Waals surface area contributed by atoms with E-state index in [1.807, 2.05) is 96.9 Å². The molecule has 680 valence electrons. The van der Waals surface area contributed by atoms with Crippen LogP contribution in [-0.2, 0) is 130 Å². The molecule has 12 N–H and O–H groups in total. The third kappa shape index (κ3) is 31.0. The van der Waals surface area contributed by atoms with Crippen molar-refractivity contribution in [2.24, 2.45) is 23.7 Å². The van der Waals surface area contributed by atoms with E-state index in [0.717, 1.165) is 0 Å². The Morgan fingerprint density at radius 2 is 0.600 bits per heavy atom. The van der Waals surface area contributed by atoms with Crippen molar-refractivity contribution in [1.29, 1.82) is 0 Å². The van der Waals surface area contributed by atoms with Gasteiger partial charge in [-0.25, -0.2) is 9.13 Å². The molecule has 16 radical (unpaired) electrons. The van der Waals surface area contributed by atoms with Crippen LogP contribution in [0.4, 0.5) is 0 Å². The standard InChI is InChI=1S/3C17H31B2O10P.C9H17BO4.C8H14BO6P/c2*1-8(2)5-24-13-11(26-16(18)12(13)20)7-25-30(21,22)28-14-10(6-23-9(3)4)27-17(19)15(14)29-30;1-8(2)5-25-14-11(28-16(18)12(14)20)7-26-30(22,23)29-15-10(6-24-9(3)4)27-17(19)13(15)21;1-5(2)4-13-8-6(3-11)14-9(10)7(8)12;1-4(2)12-3-5-6-7(8(9)13-5)15-16(10,11)14-6/h2*8-17,20-22H,5-7H2,1-4H3;8-17,20-21H,5-7H2,1-4H3,(H,22,23);5-9,11-12H,3-4H2,1-2H3;4-8H,3H2,1-2H3,(H,10,11)/t2*10-,11-,12?,13+,14+,15?,16-,17-;10-,11-,12?,13?,14+,15+,16-,17-;6-,7?,8+,9-;5-,6+,7?,8-/m11111/s1. The van der Waals surface area contributed by atoms with Crippen LogP contribution in [0.25, 0.3) is 0 Å². The molecule has 11 aliphatic heterocycles. The predicted octanol–water partition coefficient (Wildman–Crippen LogP) is -2.05. The van der Waals surface area contributed by atoms with Crippen molar-refractivity contribution in [1.82, 2.24) is 0 Å². The van der Waals surface area contributed by atoms with Gasteiger partial charge in [0, 0.05) is 37.2 Å². The van der Waals surface area contributed by atoms with E-state index in [1.165, 1.54) is 0 Å². The van der Waals surface area contributed by atoms with E-state index in [-0.39, 0.29) is 88.4 Å². The fraction of sp³-hybridized carbons (Fsp3) is 1.00. The van der Waals surface area contributed by atoms with Crippen molar-refractivity contribution in [3.63, 3.8) is 0 Å². The topological polar surface area (TPSA) is 517 Å². The molecule has 40 nitrogen and oxygen atoms in total. The molecular weight excluding hydrogens is 1670 g/mol. The molecule has 11 heterocycles. The molecule has 52 heteroatoms. The summed E-state index contributed by atoms with van der Waals surface area (Å²) in [5, 5.41) is 59.3. The molecule has 34 atom stereocenters. The Bertz CT molecular complexity index is 3050. The summed E-state index contributed by atoms with van der Waals surface area (Å²) in [6.07, 6.45) is -20.6. The van der Waals surface area contributed by atoms with Crippen LogP contribution in [-0.4, -0.2) is 421 Å². The molecule has 0 aromatic heterocycles. The van der Waals surface area contributed by atoms with Gasteiger partial charge in [0.1, 0.15) is 105 Å². The van der Waals surface area contributed by atoms with E-state index in [4.69, 9.17) is 189 Å². The summed E-state index contributed by atoms with van der Waals surface area (Å²) < 4.78 is 163. The van der Waals surface area contributed by atoms with E-state index in [1.54, 1.807) is 13.8 Å². The Morgan fingerprint density at radius 3 is 0.917 bits per heavy atom. The number of aliphatic hydroxyl groups is 6. The van der Waals surface area contributed by atoms with Crippen molar-refractivity contribution < 1.29 is 190 Å².